The first-order valence-electron chi connectivity index (χ1n) is 6.23. The zero-order valence-electron chi connectivity index (χ0n) is 10.9. The highest BCUT2D eigenvalue weighted by atomic mass is 19.1. The average molecular weight is 267 g/mol. The Morgan fingerprint density at radius 2 is 1.95 bits per heavy atom. The summed E-state index contributed by atoms with van der Waals surface area (Å²) in [5.74, 6) is -1.30. The SMILES string of the molecule is CC(CCCC(=O)O)NC(=O)Cc1ccc(F)cc1. The van der Waals surface area contributed by atoms with Crippen molar-refractivity contribution in [2.24, 2.45) is 0 Å². The van der Waals surface area contributed by atoms with E-state index >= 15 is 0 Å². The van der Waals surface area contributed by atoms with Gasteiger partial charge in [-0.1, -0.05) is 12.1 Å². The molecular weight excluding hydrogens is 249 g/mol. The van der Waals surface area contributed by atoms with E-state index in [2.05, 4.69) is 5.32 Å². The van der Waals surface area contributed by atoms with Crippen molar-refractivity contribution in [3.05, 3.63) is 35.6 Å². The Balaban J connectivity index is 2.30. The molecule has 0 aromatic heterocycles. The molecule has 0 fully saturated rings. The smallest absolute Gasteiger partial charge is 0.303 e. The zero-order chi connectivity index (χ0) is 14.3. The second kappa shape index (κ2) is 7.51. The standard InChI is InChI=1S/C14H18FNO3/c1-10(3-2-4-14(18)19)16-13(17)9-11-5-7-12(15)8-6-11/h5-8,10H,2-4,9H2,1H3,(H,16,17)(H,18,19). The highest BCUT2D eigenvalue weighted by Gasteiger charge is 2.09. The van der Waals surface area contributed by atoms with Gasteiger partial charge >= 0.3 is 5.97 Å². The van der Waals surface area contributed by atoms with Crippen molar-refractivity contribution in [3.8, 4) is 0 Å². The second-order valence-corrected chi connectivity index (χ2v) is 4.56. The van der Waals surface area contributed by atoms with Crippen molar-refractivity contribution in [1.29, 1.82) is 0 Å². The van der Waals surface area contributed by atoms with Crippen LogP contribution in [0.1, 0.15) is 31.7 Å². The molecule has 0 aliphatic rings. The van der Waals surface area contributed by atoms with E-state index in [0.717, 1.165) is 5.56 Å². The Bertz CT molecular complexity index is 431. The molecule has 0 saturated heterocycles. The molecule has 0 saturated carbocycles. The molecule has 104 valence electrons. The van der Waals surface area contributed by atoms with Gasteiger partial charge in [-0.2, -0.15) is 0 Å². The molecule has 5 heteroatoms. The lowest BCUT2D eigenvalue weighted by molar-refractivity contribution is -0.137. The fourth-order valence-electron chi connectivity index (χ4n) is 1.75. The number of carbonyl (C=O) groups excluding carboxylic acids is 1. The minimum Gasteiger partial charge on any atom is -0.481 e. The van der Waals surface area contributed by atoms with E-state index in [1.807, 2.05) is 6.92 Å². The minimum atomic E-state index is -0.829. The number of aliphatic carboxylic acids is 1. The summed E-state index contributed by atoms with van der Waals surface area (Å²) in [6, 6.07) is 5.72. The fourth-order valence-corrected chi connectivity index (χ4v) is 1.75. The lowest BCUT2D eigenvalue weighted by atomic mass is 10.1. The Labute approximate surface area is 111 Å². The first-order valence-corrected chi connectivity index (χ1v) is 6.23. The van der Waals surface area contributed by atoms with Crippen LogP contribution in [0.2, 0.25) is 0 Å². The Kier molecular flexibility index (Phi) is 5.99. The van der Waals surface area contributed by atoms with Crippen LogP contribution in [-0.4, -0.2) is 23.0 Å². The summed E-state index contributed by atoms with van der Waals surface area (Å²) in [6.07, 6.45) is 1.47. The third kappa shape index (κ3) is 6.55. The van der Waals surface area contributed by atoms with Crippen LogP contribution in [0.25, 0.3) is 0 Å². The molecule has 0 bridgehead atoms. The maximum absolute atomic E-state index is 12.7. The van der Waals surface area contributed by atoms with Crippen molar-refractivity contribution < 1.29 is 19.1 Å². The van der Waals surface area contributed by atoms with Gasteiger partial charge in [0.2, 0.25) is 5.91 Å². The van der Waals surface area contributed by atoms with Crippen LogP contribution < -0.4 is 5.32 Å². The molecular formula is C14H18FNO3. The quantitative estimate of drug-likeness (QED) is 0.795. The summed E-state index contributed by atoms with van der Waals surface area (Å²) in [6.45, 7) is 1.84. The highest BCUT2D eigenvalue weighted by molar-refractivity contribution is 5.78. The number of carbonyl (C=O) groups is 2. The van der Waals surface area contributed by atoms with Crippen molar-refractivity contribution in [3.63, 3.8) is 0 Å². The molecule has 1 aromatic carbocycles. The Morgan fingerprint density at radius 1 is 1.32 bits per heavy atom. The number of amides is 1. The average Bonchev–Trinajstić information content (AvgIpc) is 2.31. The molecule has 1 amide bonds. The van der Waals surface area contributed by atoms with Crippen LogP contribution in [0, 0.1) is 5.82 Å². The summed E-state index contributed by atoms with van der Waals surface area (Å²) in [4.78, 5) is 22.0. The molecule has 0 aliphatic heterocycles. The monoisotopic (exact) mass is 267 g/mol. The predicted molar refractivity (Wildman–Crippen MR) is 69.2 cm³/mol. The van der Waals surface area contributed by atoms with Gasteiger partial charge in [-0.25, -0.2) is 4.39 Å². The van der Waals surface area contributed by atoms with Gasteiger partial charge in [-0.15, -0.1) is 0 Å². The number of carboxylic acid groups (broad SMARTS) is 1. The molecule has 4 nitrogen and oxygen atoms in total. The third-order valence-corrected chi connectivity index (χ3v) is 2.71. The first-order chi connectivity index (χ1) is 8.97. The van der Waals surface area contributed by atoms with E-state index in [0.29, 0.717) is 12.8 Å². The maximum Gasteiger partial charge on any atom is 0.303 e. The van der Waals surface area contributed by atoms with E-state index in [9.17, 15) is 14.0 Å². The first kappa shape index (κ1) is 15.1. The molecule has 1 aromatic rings. The summed E-state index contributed by atoms with van der Waals surface area (Å²) < 4.78 is 12.7. The van der Waals surface area contributed by atoms with E-state index in [-0.39, 0.29) is 30.6 Å². The molecule has 19 heavy (non-hydrogen) atoms. The van der Waals surface area contributed by atoms with Crippen molar-refractivity contribution in [1.82, 2.24) is 5.32 Å². The largest absolute Gasteiger partial charge is 0.481 e. The number of rotatable bonds is 7. The van der Waals surface area contributed by atoms with Crippen LogP contribution in [0.5, 0.6) is 0 Å². The van der Waals surface area contributed by atoms with Gasteiger partial charge < -0.3 is 10.4 Å². The summed E-state index contributed by atoms with van der Waals surface area (Å²) in [5.41, 5.74) is 0.747. The molecule has 1 unspecified atom stereocenters. The molecule has 2 N–H and O–H groups in total. The van der Waals surface area contributed by atoms with Gasteiger partial charge in [0, 0.05) is 12.5 Å². The number of halogens is 1. The topological polar surface area (TPSA) is 66.4 Å². The van der Waals surface area contributed by atoms with E-state index in [1.54, 1.807) is 12.1 Å². The predicted octanol–water partition coefficient (Wildman–Crippen LogP) is 2.13. The molecule has 1 atom stereocenters. The molecule has 0 aliphatic carbocycles. The Morgan fingerprint density at radius 3 is 2.53 bits per heavy atom. The van der Waals surface area contributed by atoms with Gasteiger partial charge in [-0.3, -0.25) is 9.59 Å². The number of nitrogens with one attached hydrogen (secondary N) is 1. The van der Waals surface area contributed by atoms with Crippen molar-refractivity contribution in [2.75, 3.05) is 0 Å². The van der Waals surface area contributed by atoms with Gasteiger partial charge in [-0.05, 0) is 37.5 Å². The molecule has 0 spiro atoms. The number of benzene rings is 1. The number of hydrogen-bond donors (Lipinski definition) is 2. The van der Waals surface area contributed by atoms with Gasteiger partial charge in [0.1, 0.15) is 5.82 Å². The van der Waals surface area contributed by atoms with Gasteiger partial charge in [0.25, 0.3) is 0 Å². The molecule has 1 rings (SSSR count). The summed E-state index contributed by atoms with van der Waals surface area (Å²) >= 11 is 0. The van der Waals surface area contributed by atoms with E-state index in [1.165, 1.54) is 12.1 Å². The van der Waals surface area contributed by atoms with Crippen LogP contribution in [0.4, 0.5) is 4.39 Å². The minimum absolute atomic E-state index is 0.0627. The molecule has 0 radical (unpaired) electrons. The number of carboxylic acids is 1. The highest BCUT2D eigenvalue weighted by Crippen LogP contribution is 2.05. The van der Waals surface area contributed by atoms with Crippen LogP contribution in [0.15, 0.2) is 24.3 Å². The maximum atomic E-state index is 12.7. The third-order valence-electron chi connectivity index (χ3n) is 2.71. The summed E-state index contributed by atoms with van der Waals surface area (Å²) in [7, 11) is 0. The van der Waals surface area contributed by atoms with Gasteiger partial charge in [0.05, 0.1) is 6.42 Å². The lowest BCUT2D eigenvalue weighted by Crippen LogP contribution is -2.33. The fraction of sp³-hybridized carbons (Fsp3) is 0.429. The Hall–Kier alpha value is -1.91. The van der Waals surface area contributed by atoms with Crippen molar-refractivity contribution in [2.45, 2.75) is 38.6 Å². The van der Waals surface area contributed by atoms with Crippen LogP contribution >= 0.6 is 0 Å². The second-order valence-electron chi connectivity index (χ2n) is 4.56. The number of hydrogen-bond acceptors (Lipinski definition) is 2. The zero-order valence-corrected chi connectivity index (χ0v) is 10.9. The van der Waals surface area contributed by atoms with E-state index in [4.69, 9.17) is 5.11 Å². The van der Waals surface area contributed by atoms with Crippen LogP contribution in [-0.2, 0) is 16.0 Å². The lowest BCUT2D eigenvalue weighted by Gasteiger charge is -2.13. The van der Waals surface area contributed by atoms with Crippen LogP contribution in [0.3, 0.4) is 0 Å². The summed E-state index contributed by atoms with van der Waals surface area (Å²) in [5, 5.41) is 11.3. The molecule has 0 heterocycles. The van der Waals surface area contributed by atoms with E-state index < -0.39 is 5.97 Å². The van der Waals surface area contributed by atoms with Gasteiger partial charge in [0.15, 0.2) is 0 Å². The normalized spacial score (nSPS) is 11.9. The van der Waals surface area contributed by atoms with Crippen molar-refractivity contribution >= 4 is 11.9 Å².